The molecular weight excluding hydrogens is 180 g/mol. The van der Waals surface area contributed by atoms with E-state index in [4.69, 9.17) is 4.74 Å². The Morgan fingerprint density at radius 2 is 2.29 bits per heavy atom. The lowest BCUT2D eigenvalue weighted by Gasteiger charge is -2.23. The van der Waals surface area contributed by atoms with Crippen LogP contribution in [0.3, 0.4) is 0 Å². The molecule has 4 heteroatoms. The summed E-state index contributed by atoms with van der Waals surface area (Å²) in [6, 6.07) is 0.398. The Labute approximate surface area is 84.9 Å². The number of hydrogen-bond acceptors (Lipinski definition) is 4. The standard InChI is InChI=1S/C10H18N2O2/c1-5-14-10(13)9-8(4)12(6-11-9)7(2)3/h7,11H,5-6H2,1-4H3. The molecule has 1 aliphatic rings. The van der Waals surface area contributed by atoms with E-state index in [1.807, 2.05) is 13.8 Å². The van der Waals surface area contributed by atoms with E-state index in [-0.39, 0.29) is 5.97 Å². The molecule has 14 heavy (non-hydrogen) atoms. The van der Waals surface area contributed by atoms with Gasteiger partial charge >= 0.3 is 5.97 Å². The minimum absolute atomic E-state index is 0.256. The van der Waals surface area contributed by atoms with Gasteiger partial charge in [-0.25, -0.2) is 4.79 Å². The lowest BCUT2D eigenvalue weighted by molar-refractivity contribution is -0.138. The summed E-state index contributed by atoms with van der Waals surface area (Å²) in [7, 11) is 0. The molecule has 0 unspecified atom stereocenters. The van der Waals surface area contributed by atoms with Gasteiger partial charge in [0.05, 0.1) is 13.3 Å². The smallest absolute Gasteiger partial charge is 0.356 e. The molecule has 1 rings (SSSR count). The van der Waals surface area contributed by atoms with Crippen molar-refractivity contribution in [2.24, 2.45) is 0 Å². The van der Waals surface area contributed by atoms with Crippen molar-refractivity contribution in [3.63, 3.8) is 0 Å². The molecule has 0 atom stereocenters. The minimum Gasteiger partial charge on any atom is -0.461 e. The lowest BCUT2D eigenvalue weighted by Crippen LogP contribution is -2.29. The molecule has 0 amide bonds. The Morgan fingerprint density at radius 1 is 1.64 bits per heavy atom. The SMILES string of the molecule is CCOC(=O)C1=C(C)N(C(C)C)CN1. The molecule has 1 heterocycles. The molecule has 0 fully saturated rings. The molecule has 0 aromatic rings. The van der Waals surface area contributed by atoms with E-state index in [1.54, 1.807) is 0 Å². The third-order valence-corrected chi connectivity index (χ3v) is 2.32. The van der Waals surface area contributed by atoms with E-state index in [1.165, 1.54) is 0 Å². The van der Waals surface area contributed by atoms with Crippen LogP contribution in [-0.2, 0) is 9.53 Å². The van der Waals surface area contributed by atoms with Crippen molar-refractivity contribution in [2.75, 3.05) is 13.3 Å². The third-order valence-electron chi connectivity index (χ3n) is 2.32. The van der Waals surface area contributed by atoms with Crippen LogP contribution in [0.4, 0.5) is 0 Å². The third kappa shape index (κ3) is 2.00. The summed E-state index contributed by atoms with van der Waals surface area (Å²) in [4.78, 5) is 13.6. The molecule has 0 spiro atoms. The normalized spacial score (nSPS) is 16.2. The molecule has 4 nitrogen and oxygen atoms in total. The van der Waals surface area contributed by atoms with Crippen LogP contribution in [0.5, 0.6) is 0 Å². The van der Waals surface area contributed by atoms with Gasteiger partial charge in [-0.2, -0.15) is 0 Å². The summed E-state index contributed by atoms with van der Waals surface area (Å²) >= 11 is 0. The molecule has 0 aromatic heterocycles. The number of carbonyl (C=O) groups is 1. The minimum atomic E-state index is -0.256. The van der Waals surface area contributed by atoms with Crippen LogP contribution in [-0.4, -0.2) is 30.2 Å². The van der Waals surface area contributed by atoms with Gasteiger partial charge in [-0.05, 0) is 27.7 Å². The summed E-state index contributed by atoms with van der Waals surface area (Å²) < 4.78 is 4.94. The predicted octanol–water partition coefficient (Wildman–Crippen LogP) is 1.05. The van der Waals surface area contributed by atoms with Crippen molar-refractivity contribution in [2.45, 2.75) is 33.7 Å². The molecule has 1 aliphatic heterocycles. The maximum absolute atomic E-state index is 11.5. The molecule has 80 valence electrons. The van der Waals surface area contributed by atoms with E-state index >= 15 is 0 Å². The summed E-state index contributed by atoms with van der Waals surface area (Å²) in [5.41, 5.74) is 1.57. The Bertz CT molecular complexity index is 259. The zero-order valence-electron chi connectivity index (χ0n) is 9.26. The van der Waals surface area contributed by atoms with Crippen LogP contribution in [0, 0.1) is 0 Å². The summed E-state index contributed by atoms with van der Waals surface area (Å²) in [5, 5.41) is 3.05. The van der Waals surface area contributed by atoms with Gasteiger partial charge < -0.3 is 15.0 Å². The highest BCUT2D eigenvalue weighted by Gasteiger charge is 2.25. The van der Waals surface area contributed by atoms with Crippen molar-refractivity contribution in [1.29, 1.82) is 0 Å². The number of rotatable bonds is 3. The molecule has 0 radical (unpaired) electrons. The van der Waals surface area contributed by atoms with Crippen LogP contribution in [0.15, 0.2) is 11.4 Å². The largest absolute Gasteiger partial charge is 0.461 e. The molecule has 0 saturated carbocycles. The van der Waals surface area contributed by atoms with Crippen molar-refractivity contribution >= 4 is 5.97 Å². The average Bonchev–Trinajstić information content (AvgIpc) is 2.47. The van der Waals surface area contributed by atoms with Crippen molar-refractivity contribution in [3.8, 4) is 0 Å². The maximum Gasteiger partial charge on any atom is 0.356 e. The number of allylic oxidation sites excluding steroid dienone is 1. The maximum atomic E-state index is 11.5. The van der Waals surface area contributed by atoms with Crippen molar-refractivity contribution in [3.05, 3.63) is 11.4 Å². The fraction of sp³-hybridized carbons (Fsp3) is 0.700. The van der Waals surface area contributed by atoms with Gasteiger partial charge in [0.2, 0.25) is 0 Å². The molecule has 0 aromatic carbocycles. The van der Waals surface area contributed by atoms with E-state index in [9.17, 15) is 4.79 Å². The van der Waals surface area contributed by atoms with E-state index in [2.05, 4.69) is 24.1 Å². The van der Waals surface area contributed by atoms with Crippen LogP contribution in [0.25, 0.3) is 0 Å². The molecule has 0 aliphatic carbocycles. The second-order valence-corrected chi connectivity index (χ2v) is 3.58. The van der Waals surface area contributed by atoms with Crippen LogP contribution in [0.1, 0.15) is 27.7 Å². The highest BCUT2D eigenvalue weighted by molar-refractivity contribution is 5.89. The first kappa shape index (κ1) is 10.9. The van der Waals surface area contributed by atoms with Gasteiger partial charge in [0.1, 0.15) is 5.70 Å². The van der Waals surface area contributed by atoms with Gasteiger partial charge in [0, 0.05) is 11.7 Å². The average molecular weight is 198 g/mol. The van der Waals surface area contributed by atoms with E-state index in [0.717, 1.165) is 5.70 Å². The number of hydrogen-bond donors (Lipinski definition) is 1. The number of carbonyl (C=O) groups excluding carboxylic acids is 1. The topological polar surface area (TPSA) is 41.6 Å². The molecular formula is C10H18N2O2. The second kappa shape index (κ2) is 4.35. The Balaban J connectivity index is 2.75. The molecule has 0 bridgehead atoms. The van der Waals surface area contributed by atoms with Gasteiger partial charge in [0.25, 0.3) is 0 Å². The highest BCUT2D eigenvalue weighted by atomic mass is 16.5. The van der Waals surface area contributed by atoms with Crippen LogP contribution < -0.4 is 5.32 Å². The first-order valence-electron chi connectivity index (χ1n) is 4.96. The van der Waals surface area contributed by atoms with Gasteiger partial charge in [0.15, 0.2) is 0 Å². The van der Waals surface area contributed by atoms with E-state index in [0.29, 0.717) is 25.0 Å². The Hall–Kier alpha value is -1.19. The van der Waals surface area contributed by atoms with Crippen LogP contribution >= 0.6 is 0 Å². The zero-order chi connectivity index (χ0) is 10.7. The number of nitrogens with one attached hydrogen (secondary N) is 1. The summed E-state index contributed by atoms with van der Waals surface area (Å²) in [6.45, 7) is 9.05. The van der Waals surface area contributed by atoms with Gasteiger partial charge in [-0.1, -0.05) is 0 Å². The summed E-state index contributed by atoms with van der Waals surface area (Å²) in [6.07, 6.45) is 0. The Morgan fingerprint density at radius 3 is 2.71 bits per heavy atom. The fourth-order valence-electron chi connectivity index (χ4n) is 1.55. The lowest BCUT2D eigenvalue weighted by atomic mass is 10.3. The first-order valence-corrected chi connectivity index (χ1v) is 4.96. The molecule has 0 saturated heterocycles. The summed E-state index contributed by atoms with van der Waals surface area (Å²) in [5.74, 6) is -0.256. The first-order chi connectivity index (χ1) is 6.57. The van der Waals surface area contributed by atoms with Crippen LogP contribution in [0.2, 0.25) is 0 Å². The number of nitrogens with zero attached hydrogens (tertiary/aromatic N) is 1. The number of ether oxygens (including phenoxy) is 1. The highest BCUT2D eigenvalue weighted by Crippen LogP contribution is 2.17. The van der Waals surface area contributed by atoms with Gasteiger partial charge in [-0.15, -0.1) is 0 Å². The quantitative estimate of drug-likeness (QED) is 0.688. The predicted molar refractivity (Wildman–Crippen MR) is 54.3 cm³/mol. The fourth-order valence-corrected chi connectivity index (χ4v) is 1.55. The molecule has 1 N–H and O–H groups in total. The Kier molecular flexibility index (Phi) is 3.38. The van der Waals surface area contributed by atoms with E-state index < -0.39 is 0 Å². The van der Waals surface area contributed by atoms with Gasteiger partial charge in [-0.3, -0.25) is 0 Å². The monoisotopic (exact) mass is 198 g/mol. The van der Waals surface area contributed by atoms with Crippen molar-refractivity contribution < 1.29 is 9.53 Å². The van der Waals surface area contributed by atoms with Crippen molar-refractivity contribution in [1.82, 2.24) is 10.2 Å². The zero-order valence-corrected chi connectivity index (χ0v) is 9.26. The number of esters is 1. The second-order valence-electron chi connectivity index (χ2n) is 3.58.